The molecule has 0 radical (unpaired) electrons. The van der Waals surface area contributed by atoms with Gasteiger partial charge in [-0.05, 0) is 152 Å². The number of carbonyl (C=O) groups is 1. The van der Waals surface area contributed by atoms with Gasteiger partial charge in [0.25, 0.3) is 0 Å². The zero-order valence-corrected chi connectivity index (χ0v) is 33.5. The average Bonchev–Trinajstić information content (AvgIpc) is 3.06. The van der Waals surface area contributed by atoms with Gasteiger partial charge in [-0.1, -0.05) is 19.4 Å². The molecule has 3 saturated carbocycles. The fraction of sp³-hybridized carbons (Fsp3) is 0.848. The first kappa shape index (κ1) is 34.6. The number of rotatable bonds is 10. The summed E-state index contributed by atoms with van der Waals surface area (Å²) in [6.07, 6.45) is 10.9. The third-order valence-electron chi connectivity index (χ3n) is 10.3. The Hall–Kier alpha value is -0.302. The summed E-state index contributed by atoms with van der Waals surface area (Å²) in [4.78, 5) is 14.5. The van der Waals surface area contributed by atoms with Gasteiger partial charge in [0.2, 0.25) is 8.32 Å². The zero-order valence-electron chi connectivity index (χ0n) is 29.5. The molecule has 0 aromatic carbocycles. The fourth-order valence-corrected chi connectivity index (χ4v) is 13.1. The van der Waals surface area contributed by atoms with Crippen LogP contribution in [0.15, 0.2) is 23.5 Å². The lowest BCUT2D eigenvalue weighted by Gasteiger charge is -2.62. The molecular weight excluding hydrogens is 589 g/mol. The first-order valence-electron chi connectivity index (χ1n) is 16.5. The summed E-state index contributed by atoms with van der Waals surface area (Å²) in [5, 5.41) is 0. The molecule has 3 fully saturated rings. The minimum atomic E-state index is -2.06. The van der Waals surface area contributed by atoms with E-state index in [0.717, 1.165) is 44.3 Å². The topological polar surface area (TPSA) is 54.0 Å². The first-order chi connectivity index (χ1) is 18.9. The van der Waals surface area contributed by atoms with E-state index in [1.807, 2.05) is 0 Å². The molecule has 5 nitrogen and oxygen atoms in total. The molecule has 0 amide bonds. The average molecular weight is 651 g/mol. The van der Waals surface area contributed by atoms with Crippen LogP contribution < -0.4 is 0 Å². The normalized spacial score (nSPS) is 37.3. The van der Waals surface area contributed by atoms with E-state index in [4.69, 9.17) is 17.7 Å². The summed E-state index contributed by atoms with van der Waals surface area (Å²) >= 11 is 0. The van der Waals surface area contributed by atoms with E-state index < -0.39 is 38.9 Å². The van der Waals surface area contributed by atoms with Crippen molar-refractivity contribution in [2.24, 2.45) is 28.6 Å². The maximum absolute atomic E-state index is 14.5. The molecule has 9 heteroatoms. The second kappa shape index (κ2) is 11.2. The van der Waals surface area contributed by atoms with Crippen LogP contribution in [-0.4, -0.2) is 57.4 Å². The van der Waals surface area contributed by atoms with Crippen LogP contribution in [0.1, 0.15) is 52.4 Å². The van der Waals surface area contributed by atoms with Gasteiger partial charge in [-0.2, -0.15) is 0 Å². The van der Waals surface area contributed by atoms with Crippen molar-refractivity contribution in [3.8, 4) is 0 Å². The lowest BCUT2D eigenvalue weighted by Crippen LogP contribution is -2.65. The first-order valence-corrected chi connectivity index (χ1v) is 30.2. The number of fused-ring (bicyclic) bond motifs is 5. The Morgan fingerprint density at radius 1 is 0.881 bits per heavy atom. The monoisotopic (exact) mass is 650 g/mol. The van der Waals surface area contributed by atoms with Crippen molar-refractivity contribution in [2.45, 2.75) is 143 Å². The van der Waals surface area contributed by atoms with Gasteiger partial charge in [0.05, 0.1) is 12.4 Å². The van der Waals surface area contributed by atoms with Gasteiger partial charge in [-0.15, -0.1) is 0 Å². The lowest BCUT2D eigenvalue weighted by molar-refractivity contribution is -0.174. The maximum Gasteiger partial charge on any atom is 0.242 e. The van der Waals surface area contributed by atoms with E-state index in [0.29, 0.717) is 17.8 Å². The van der Waals surface area contributed by atoms with Crippen molar-refractivity contribution in [3.05, 3.63) is 23.5 Å². The van der Waals surface area contributed by atoms with Crippen LogP contribution in [-0.2, 0) is 22.5 Å². The molecule has 0 spiro atoms. The molecule has 7 atom stereocenters. The molecule has 240 valence electrons. The second-order valence-electron chi connectivity index (χ2n) is 18.2. The summed E-state index contributed by atoms with van der Waals surface area (Å²) in [6.45, 7) is 32.1. The maximum atomic E-state index is 14.5. The summed E-state index contributed by atoms with van der Waals surface area (Å²) in [5.74, 6) is 2.65. The zero-order chi connectivity index (χ0) is 31.7. The van der Waals surface area contributed by atoms with Gasteiger partial charge in [0.15, 0.2) is 30.7 Å². The molecule has 4 aliphatic rings. The van der Waals surface area contributed by atoms with Gasteiger partial charge in [0, 0.05) is 11.5 Å². The van der Waals surface area contributed by atoms with Crippen molar-refractivity contribution < 1.29 is 22.5 Å². The molecule has 4 aliphatic carbocycles. The van der Waals surface area contributed by atoms with Gasteiger partial charge in [-0.25, -0.2) is 0 Å². The van der Waals surface area contributed by atoms with E-state index in [1.165, 1.54) is 0 Å². The Balaban J connectivity index is 1.77. The van der Waals surface area contributed by atoms with E-state index >= 15 is 0 Å². The molecule has 0 bridgehead atoms. The fourth-order valence-electron chi connectivity index (χ4n) is 9.07. The van der Waals surface area contributed by atoms with Crippen LogP contribution in [0.2, 0.25) is 78.6 Å². The lowest BCUT2D eigenvalue weighted by atomic mass is 9.45. The Morgan fingerprint density at radius 3 is 2.07 bits per heavy atom. The third-order valence-corrected chi connectivity index (χ3v) is 14.1. The predicted octanol–water partition coefficient (Wildman–Crippen LogP) is 9.14. The van der Waals surface area contributed by atoms with Gasteiger partial charge < -0.3 is 17.7 Å². The largest absolute Gasteiger partial charge is 0.545 e. The summed E-state index contributed by atoms with van der Waals surface area (Å²) in [7, 11) is -7.48. The molecule has 6 unspecified atom stereocenters. The van der Waals surface area contributed by atoms with Crippen LogP contribution in [0.3, 0.4) is 0 Å². The molecule has 0 heterocycles. The van der Waals surface area contributed by atoms with E-state index in [-0.39, 0.29) is 29.3 Å². The SMILES string of the molecule is CC12CC=C(O[Si](C)(C)C)C=C1CCC1C2C(O[Si](C)(C)C)CC2(C)C1CC[C@]2(O[Si](C)(C)C)C(=O)CO[Si](C)(C)C. The third kappa shape index (κ3) is 6.92. The predicted molar refractivity (Wildman–Crippen MR) is 185 cm³/mol. The smallest absolute Gasteiger partial charge is 0.242 e. The quantitative estimate of drug-likeness (QED) is 0.221. The van der Waals surface area contributed by atoms with Crippen LogP contribution in [0.5, 0.6) is 0 Å². The highest BCUT2D eigenvalue weighted by atomic mass is 28.4. The van der Waals surface area contributed by atoms with Crippen LogP contribution in [0.25, 0.3) is 0 Å². The molecule has 0 N–H and O–H groups in total. The number of Topliss-reactive ketones (excluding diaryl/α,β-unsaturated/α-hetero) is 1. The highest BCUT2D eigenvalue weighted by molar-refractivity contribution is 6.71. The summed E-state index contributed by atoms with van der Waals surface area (Å²) in [5.41, 5.74) is 0.536. The Bertz CT molecular complexity index is 1110. The number of hydrogen-bond donors (Lipinski definition) is 0. The molecule has 0 aliphatic heterocycles. The summed E-state index contributed by atoms with van der Waals surface area (Å²) < 4.78 is 27.2. The molecule has 0 aromatic heterocycles. The Kier molecular flexibility index (Phi) is 9.21. The van der Waals surface area contributed by atoms with Crippen LogP contribution in [0, 0.1) is 28.6 Å². The number of ketones is 1. The van der Waals surface area contributed by atoms with E-state index in [9.17, 15) is 4.79 Å². The van der Waals surface area contributed by atoms with Crippen molar-refractivity contribution in [1.82, 2.24) is 0 Å². The number of carbonyl (C=O) groups excluding carboxylic acids is 1. The van der Waals surface area contributed by atoms with Gasteiger partial charge in [-0.3, -0.25) is 4.79 Å². The van der Waals surface area contributed by atoms with Crippen LogP contribution >= 0.6 is 0 Å². The van der Waals surface area contributed by atoms with Gasteiger partial charge >= 0.3 is 0 Å². The van der Waals surface area contributed by atoms with Crippen molar-refractivity contribution in [1.29, 1.82) is 0 Å². The highest BCUT2D eigenvalue weighted by Crippen LogP contribution is 2.69. The molecular formula is C33H62O5Si4. The van der Waals surface area contributed by atoms with E-state index in [2.05, 4.69) is 105 Å². The molecule has 0 saturated heterocycles. The minimum Gasteiger partial charge on any atom is -0.545 e. The molecule has 4 rings (SSSR count). The minimum absolute atomic E-state index is 0.0523. The number of hydrogen-bond acceptors (Lipinski definition) is 5. The van der Waals surface area contributed by atoms with Crippen molar-refractivity contribution in [2.75, 3.05) is 6.61 Å². The van der Waals surface area contributed by atoms with Gasteiger partial charge in [0.1, 0.15) is 5.60 Å². The Morgan fingerprint density at radius 2 is 1.52 bits per heavy atom. The number of allylic oxidation sites excluding steroid dienone is 3. The molecule has 42 heavy (non-hydrogen) atoms. The molecule has 0 aromatic rings. The standard InChI is InChI=1S/C33H62O5Si4/c1-31-19-17-25(36-40(6,7)8)21-24(31)15-16-26-27-18-20-33(38-42(12,13)14,29(34)23-35-39(3,4)5)32(27,2)22-28(30(26)31)37-41(9,10)11/h17,21,26-28,30H,15-16,18-20,22-23H2,1-14H3/t26?,27?,28?,30?,31?,32?,33-/m0/s1. The summed E-state index contributed by atoms with van der Waals surface area (Å²) in [6, 6.07) is 0. The Labute approximate surface area is 262 Å². The highest BCUT2D eigenvalue weighted by Gasteiger charge is 2.70. The van der Waals surface area contributed by atoms with E-state index in [1.54, 1.807) is 5.57 Å². The van der Waals surface area contributed by atoms with Crippen LogP contribution in [0.4, 0.5) is 0 Å². The van der Waals surface area contributed by atoms with Crippen molar-refractivity contribution >= 4 is 39.1 Å². The second-order valence-corrected chi connectivity index (χ2v) is 36.1. The van der Waals surface area contributed by atoms with Crippen molar-refractivity contribution in [3.63, 3.8) is 0 Å².